The van der Waals surface area contributed by atoms with E-state index in [9.17, 15) is 36.5 Å². The van der Waals surface area contributed by atoms with Gasteiger partial charge in [0.1, 0.15) is 0 Å². The molecule has 0 atom stereocenters. The van der Waals surface area contributed by atoms with Crippen LogP contribution in [0.5, 0.6) is 6.01 Å². The average Bonchev–Trinajstić information content (AvgIpc) is 2.66. The van der Waals surface area contributed by atoms with E-state index in [1.807, 2.05) is 0 Å². The highest BCUT2D eigenvalue weighted by Gasteiger charge is 2.59. The maximum Gasteiger partial charge on any atom is 0.434 e. The van der Waals surface area contributed by atoms with Gasteiger partial charge in [-0.3, -0.25) is 10.1 Å². The largest absolute Gasteiger partial charge is 0.440 e. The van der Waals surface area contributed by atoms with Crippen molar-refractivity contribution in [3.63, 3.8) is 0 Å². The van der Waals surface area contributed by atoms with Crippen molar-refractivity contribution in [3.05, 3.63) is 34.4 Å². The molecule has 1 aromatic heterocycles. The molecular formula is C16H16F6N6O3. The number of halogens is 6. The van der Waals surface area contributed by atoms with Crippen molar-refractivity contribution in [2.75, 3.05) is 23.3 Å². The molecular weight excluding hydrogens is 438 g/mol. The number of hydrogen-bond acceptors (Lipinski definition) is 8. The molecule has 0 saturated heterocycles. The van der Waals surface area contributed by atoms with Gasteiger partial charge in [-0.05, 0) is 26.0 Å². The first-order chi connectivity index (χ1) is 14.3. The average molecular weight is 454 g/mol. The molecule has 0 spiro atoms. The number of nitrogens with zero attached hydrogens (tertiary/aromatic N) is 5. The maximum atomic E-state index is 12.8. The Morgan fingerprint density at radius 2 is 1.58 bits per heavy atom. The van der Waals surface area contributed by atoms with Crippen molar-refractivity contribution in [1.29, 1.82) is 0 Å². The number of rotatable bonds is 8. The molecule has 1 aromatic carbocycles. The molecule has 2 aromatic rings. The van der Waals surface area contributed by atoms with Crippen LogP contribution in [0.25, 0.3) is 0 Å². The number of nitro groups is 1. The summed E-state index contributed by atoms with van der Waals surface area (Å²) in [5.74, 6) is -0.633. The summed E-state index contributed by atoms with van der Waals surface area (Å²) in [6.07, 6.45) is -15.7. The normalized spacial score (nSPS) is 12.0. The Hall–Kier alpha value is -3.39. The molecule has 0 bridgehead atoms. The molecule has 0 aliphatic heterocycles. The van der Waals surface area contributed by atoms with Gasteiger partial charge in [-0.15, -0.1) is 0 Å². The number of nitrogens with one attached hydrogen (secondary N) is 1. The van der Waals surface area contributed by atoms with Gasteiger partial charge in [-0.25, -0.2) is 0 Å². The SMILES string of the molecule is CCN(CC)c1nc(Nc2ccc([N+](=O)[O-])cc2)nc(OC(C(F)(F)F)C(F)(F)F)n1. The smallest absolute Gasteiger partial charge is 0.434 e. The van der Waals surface area contributed by atoms with Crippen LogP contribution in [0.2, 0.25) is 0 Å². The molecule has 170 valence electrons. The number of nitro benzene ring substituents is 1. The number of benzene rings is 1. The summed E-state index contributed by atoms with van der Waals surface area (Å²) >= 11 is 0. The van der Waals surface area contributed by atoms with E-state index in [0.29, 0.717) is 13.1 Å². The Morgan fingerprint density at radius 3 is 2.03 bits per heavy atom. The molecule has 0 amide bonds. The number of alkyl halides is 6. The lowest BCUT2D eigenvalue weighted by Crippen LogP contribution is -2.47. The van der Waals surface area contributed by atoms with E-state index in [0.717, 1.165) is 12.1 Å². The lowest BCUT2D eigenvalue weighted by atomic mass is 10.3. The monoisotopic (exact) mass is 454 g/mol. The summed E-state index contributed by atoms with van der Waals surface area (Å²) in [5.41, 5.74) is -0.0383. The van der Waals surface area contributed by atoms with E-state index < -0.39 is 35.3 Å². The van der Waals surface area contributed by atoms with E-state index in [2.05, 4.69) is 25.0 Å². The predicted octanol–water partition coefficient (Wildman–Crippen LogP) is 4.24. The molecule has 0 saturated carbocycles. The van der Waals surface area contributed by atoms with Crippen LogP contribution in [0.4, 0.5) is 49.6 Å². The Kier molecular flexibility index (Phi) is 7.07. The van der Waals surface area contributed by atoms with E-state index in [4.69, 9.17) is 0 Å². The summed E-state index contributed by atoms with van der Waals surface area (Å²) in [4.78, 5) is 22.6. The van der Waals surface area contributed by atoms with Crippen molar-refractivity contribution < 1.29 is 36.0 Å². The highest BCUT2D eigenvalue weighted by Crippen LogP contribution is 2.36. The van der Waals surface area contributed by atoms with Gasteiger partial charge in [-0.2, -0.15) is 41.3 Å². The van der Waals surface area contributed by atoms with E-state index in [1.54, 1.807) is 13.8 Å². The Bertz CT molecular complexity index is 888. The molecule has 1 heterocycles. The van der Waals surface area contributed by atoms with Crippen molar-refractivity contribution in [3.8, 4) is 6.01 Å². The number of non-ortho nitro benzene ring substituents is 1. The van der Waals surface area contributed by atoms with Gasteiger partial charge >= 0.3 is 18.4 Å². The van der Waals surface area contributed by atoms with Crippen molar-refractivity contribution in [2.45, 2.75) is 32.3 Å². The molecule has 9 nitrogen and oxygen atoms in total. The molecule has 31 heavy (non-hydrogen) atoms. The van der Waals surface area contributed by atoms with Crippen LogP contribution in [0.3, 0.4) is 0 Å². The molecule has 1 N–H and O–H groups in total. The number of aromatic nitrogens is 3. The van der Waals surface area contributed by atoms with Gasteiger partial charge in [0.2, 0.25) is 11.9 Å². The van der Waals surface area contributed by atoms with Crippen LogP contribution in [0.15, 0.2) is 24.3 Å². The fourth-order valence-corrected chi connectivity index (χ4v) is 2.32. The molecule has 15 heteroatoms. The summed E-state index contributed by atoms with van der Waals surface area (Å²) < 4.78 is 81.2. The summed E-state index contributed by atoms with van der Waals surface area (Å²) in [6, 6.07) is 3.59. The quantitative estimate of drug-likeness (QED) is 0.359. The van der Waals surface area contributed by atoms with Crippen LogP contribution in [-0.4, -0.2) is 51.4 Å². The minimum absolute atomic E-state index is 0.191. The second kappa shape index (κ2) is 9.18. The Morgan fingerprint density at radius 1 is 1.03 bits per heavy atom. The second-order valence-electron chi connectivity index (χ2n) is 5.92. The van der Waals surface area contributed by atoms with Gasteiger partial charge < -0.3 is 15.0 Å². The predicted molar refractivity (Wildman–Crippen MR) is 96.3 cm³/mol. The molecule has 0 unspecified atom stereocenters. The molecule has 2 rings (SSSR count). The van der Waals surface area contributed by atoms with Crippen LogP contribution in [0.1, 0.15) is 13.8 Å². The zero-order valence-corrected chi connectivity index (χ0v) is 16.0. The van der Waals surface area contributed by atoms with Crippen LogP contribution in [0, 0.1) is 10.1 Å². The summed E-state index contributed by atoms with van der Waals surface area (Å²) in [5, 5.41) is 13.3. The van der Waals surface area contributed by atoms with Crippen LogP contribution < -0.4 is 15.0 Å². The molecule has 0 aliphatic rings. The van der Waals surface area contributed by atoms with Gasteiger partial charge in [0.25, 0.3) is 11.8 Å². The number of ether oxygens (including phenoxy) is 1. The van der Waals surface area contributed by atoms with Crippen LogP contribution >= 0.6 is 0 Å². The van der Waals surface area contributed by atoms with E-state index >= 15 is 0 Å². The third kappa shape index (κ3) is 6.29. The third-order valence-corrected chi connectivity index (χ3v) is 3.80. The van der Waals surface area contributed by atoms with Crippen molar-refractivity contribution >= 4 is 23.3 Å². The van der Waals surface area contributed by atoms with Gasteiger partial charge in [0.15, 0.2) is 0 Å². The summed E-state index contributed by atoms with van der Waals surface area (Å²) in [7, 11) is 0. The second-order valence-corrected chi connectivity index (χ2v) is 5.92. The van der Waals surface area contributed by atoms with E-state index in [1.165, 1.54) is 17.0 Å². The highest BCUT2D eigenvalue weighted by molar-refractivity contribution is 5.56. The van der Waals surface area contributed by atoms with Gasteiger partial charge in [0.05, 0.1) is 4.92 Å². The lowest BCUT2D eigenvalue weighted by Gasteiger charge is -2.24. The zero-order valence-electron chi connectivity index (χ0n) is 16.0. The standard InChI is InChI=1S/C16H16F6N6O3/c1-3-27(4-2)13-24-12(23-9-5-7-10(8-6-9)28(29)30)25-14(26-13)31-11(15(17,18)19)16(20,21)22/h5-8,11H,3-4H2,1-2H3,(H,23,24,25,26). The highest BCUT2D eigenvalue weighted by atomic mass is 19.4. The lowest BCUT2D eigenvalue weighted by molar-refractivity contribution is -0.384. The maximum absolute atomic E-state index is 12.8. The van der Waals surface area contributed by atoms with Crippen LogP contribution in [-0.2, 0) is 0 Å². The van der Waals surface area contributed by atoms with Crippen molar-refractivity contribution in [1.82, 2.24) is 15.0 Å². The Labute approximate surface area is 171 Å². The summed E-state index contributed by atoms with van der Waals surface area (Å²) in [6.45, 7) is 3.93. The minimum Gasteiger partial charge on any atom is -0.440 e. The first-order valence-electron chi connectivity index (χ1n) is 8.67. The fourth-order valence-electron chi connectivity index (χ4n) is 2.32. The minimum atomic E-state index is -5.76. The van der Waals surface area contributed by atoms with Crippen molar-refractivity contribution in [2.24, 2.45) is 0 Å². The molecule has 0 fully saturated rings. The number of hydrogen-bond donors (Lipinski definition) is 1. The topological polar surface area (TPSA) is 106 Å². The Balaban J connectivity index is 2.44. The molecule has 0 aliphatic carbocycles. The van der Waals surface area contributed by atoms with Gasteiger partial charge in [-0.1, -0.05) is 0 Å². The fraction of sp³-hybridized carbons (Fsp3) is 0.438. The van der Waals surface area contributed by atoms with E-state index in [-0.39, 0.29) is 17.3 Å². The zero-order chi connectivity index (χ0) is 23.4. The first-order valence-corrected chi connectivity index (χ1v) is 8.67. The molecule has 0 radical (unpaired) electrons. The number of anilines is 3. The first kappa shape index (κ1) is 23.9. The third-order valence-electron chi connectivity index (χ3n) is 3.80. The van der Waals surface area contributed by atoms with Gasteiger partial charge in [0, 0.05) is 30.9 Å².